The van der Waals surface area contributed by atoms with Crippen molar-refractivity contribution in [2.75, 3.05) is 13.7 Å². The molecule has 2 nitrogen and oxygen atoms in total. The third-order valence-corrected chi connectivity index (χ3v) is 3.03. The molecule has 0 aliphatic heterocycles. The first-order chi connectivity index (χ1) is 5.56. The fraction of sp³-hybridized carbons (Fsp3) is 0.667. The van der Waals surface area contributed by atoms with Gasteiger partial charge >= 0.3 is 0 Å². The summed E-state index contributed by atoms with van der Waals surface area (Å²) in [6, 6.07) is 0. The van der Waals surface area contributed by atoms with Crippen LogP contribution in [0, 0.1) is 6.92 Å². The molecule has 0 aromatic carbocycles. The van der Waals surface area contributed by atoms with Gasteiger partial charge in [0.2, 0.25) is 0 Å². The lowest BCUT2D eigenvalue weighted by Gasteiger charge is -2.20. The number of aryl methyl sites for hydroxylation is 1. The van der Waals surface area contributed by atoms with Gasteiger partial charge in [0.05, 0.1) is 6.61 Å². The number of thiazole rings is 1. The van der Waals surface area contributed by atoms with Crippen LogP contribution in [-0.2, 0) is 10.2 Å². The van der Waals surface area contributed by atoms with Gasteiger partial charge < -0.3 is 4.74 Å². The van der Waals surface area contributed by atoms with Crippen molar-refractivity contribution in [2.24, 2.45) is 0 Å². The molecule has 0 radical (unpaired) electrons. The van der Waals surface area contributed by atoms with Crippen LogP contribution in [0.15, 0.2) is 5.38 Å². The van der Waals surface area contributed by atoms with E-state index < -0.39 is 0 Å². The van der Waals surface area contributed by atoms with Gasteiger partial charge in [0.25, 0.3) is 0 Å². The van der Waals surface area contributed by atoms with Crippen LogP contribution in [0.25, 0.3) is 0 Å². The first-order valence-electron chi connectivity index (χ1n) is 3.98. The van der Waals surface area contributed by atoms with Gasteiger partial charge in [0.1, 0.15) is 5.01 Å². The smallest absolute Gasteiger partial charge is 0.101 e. The van der Waals surface area contributed by atoms with Crippen molar-refractivity contribution >= 4 is 11.3 Å². The lowest BCUT2D eigenvalue weighted by atomic mass is 9.96. The molecule has 1 rings (SSSR count). The van der Waals surface area contributed by atoms with Crippen LogP contribution in [0.1, 0.15) is 24.5 Å². The number of ether oxygens (including phenoxy) is 1. The summed E-state index contributed by atoms with van der Waals surface area (Å²) in [6.45, 7) is 7.03. The van der Waals surface area contributed by atoms with E-state index >= 15 is 0 Å². The molecular weight excluding hydrogens is 170 g/mol. The minimum absolute atomic E-state index is 0.0493. The predicted molar refractivity (Wildman–Crippen MR) is 51.8 cm³/mol. The number of aromatic nitrogens is 1. The molecular formula is C9H15NOS. The van der Waals surface area contributed by atoms with Crippen LogP contribution in [-0.4, -0.2) is 18.7 Å². The molecule has 0 saturated carbocycles. The molecule has 0 unspecified atom stereocenters. The summed E-state index contributed by atoms with van der Waals surface area (Å²) in [7, 11) is 1.72. The second-order valence-electron chi connectivity index (χ2n) is 3.61. The van der Waals surface area contributed by atoms with Crippen molar-refractivity contribution in [2.45, 2.75) is 26.2 Å². The minimum Gasteiger partial charge on any atom is -0.384 e. The summed E-state index contributed by atoms with van der Waals surface area (Å²) in [5.74, 6) is 0. The highest BCUT2D eigenvalue weighted by atomic mass is 32.1. The third-order valence-electron chi connectivity index (χ3n) is 1.70. The van der Waals surface area contributed by atoms with Crippen molar-refractivity contribution in [3.63, 3.8) is 0 Å². The summed E-state index contributed by atoms with van der Waals surface area (Å²) in [5.41, 5.74) is 1.15. The van der Waals surface area contributed by atoms with Crippen LogP contribution >= 0.6 is 11.3 Å². The standard InChI is InChI=1S/C9H15NOS/c1-7-5-12-8(10-7)9(2,3)6-11-4/h5H,6H2,1-4H3. The molecule has 1 aromatic heterocycles. The quantitative estimate of drug-likeness (QED) is 0.721. The Bertz CT molecular complexity index is 255. The molecule has 1 aromatic rings. The van der Waals surface area contributed by atoms with E-state index in [4.69, 9.17) is 4.74 Å². The van der Waals surface area contributed by atoms with E-state index in [1.165, 1.54) is 0 Å². The third kappa shape index (κ3) is 2.05. The molecule has 0 aliphatic rings. The molecule has 0 amide bonds. The zero-order valence-electron chi connectivity index (χ0n) is 8.05. The Morgan fingerprint density at radius 2 is 2.25 bits per heavy atom. The summed E-state index contributed by atoms with van der Waals surface area (Å²) in [4.78, 5) is 4.44. The van der Waals surface area contributed by atoms with Crippen molar-refractivity contribution < 1.29 is 4.74 Å². The second kappa shape index (κ2) is 3.54. The van der Waals surface area contributed by atoms with Gasteiger partial charge in [0.15, 0.2) is 0 Å². The van der Waals surface area contributed by atoms with Gasteiger partial charge in [-0.3, -0.25) is 0 Å². The van der Waals surface area contributed by atoms with Gasteiger partial charge in [-0.15, -0.1) is 11.3 Å². The minimum atomic E-state index is 0.0493. The average Bonchev–Trinajstić information content (AvgIpc) is 2.36. The molecule has 0 aliphatic carbocycles. The molecule has 0 saturated heterocycles. The molecule has 0 fully saturated rings. The monoisotopic (exact) mass is 185 g/mol. The van der Waals surface area contributed by atoms with E-state index in [0.29, 0.717) is 0 Å². The topological polar surface area (TPSA) is 22.1 Å². The van der Waals surface area contributed by atoms with E-state index in [-0.39, 0.29) is 5.41 Å². The van der Waals surface area contributed by atoms with Crippen molar-refractivity contribution in [1.29, 1.82) is 0 Å². The first kappa shape index (κ1) is 9.68. The van der Waals surface area contributed by atoms with Gasteiger partial charge in [-0.2, -0.15) is 0 Å². The molecule has 0 atom stereocenters. The number of hydrogen-bond donors (Lipinski definition) is 0. The highest BCUT2D eigenvalue weighted by Gasteiger charge is 2.23. The Kier molecular flexibility index (Phi) is 2.85. The van der Waals surface area contributed by atoms with Crippen LogP contribution < -0.4 is 0 Å². The molecule has 0 spiro atoms. The highest BCUT2D eigenvalue weighted by Crippen LogP contribution is 2.26. The highest BCUT2D eigenvalue weighted by molar-refractivity contribution is 7.09. The average molecular weight is 185 g/mol. The largest absolute Gasteiger partial charge is 0.384 e. The normalized spacial score (nSPS) is 12.0. The van der Waals surface area contributed by atoms with Crippen molar-refractivity contribution in [1.82, 2.24) is 4.98 Å². The van der Waals surface area contributed by atoms with Crippen LogP contribution in [0.3, 0.4) is 0 Å². The number of rotatable bonds is 3. The number of nitrogens with zero attached hydrogens (tertiary/aromatic N) is 1. The first-order valence-corrected chi connectivity index (χ1v) is 4.86. The molecule has 3 heteroatoms. The number of hydrogen-bond acceptors (Lipinski definition) is 3. The molecule has 12 heavy (non-hydrogen) atoms. The Labute approximate surface area is 77.6 Å². The predicted octanol–water partition coefficient (Wildman–Crippen LogP) is 2.38. The van der Waals surface area contributed by atoms with Gasteiger partial charge in [-0.05, 0) is 6.92 Å². The maximum absolute atomic E-state index is 5.14. The lowest BCUT2D eigenvalue weighted by Crippen LogP contribution is -2.23. The van der Waals surface area contributed by atoms with Crippen molar-refractivity contribution in [3.8, 4) is 0 Å². The maximum Gasteiger partial charge on any atom is 0.101 e. The van der Waals surface area contributed by atoms with Crippen LogP contribution in [0.2, 0.25) is 0 Å². The molecule has 0 N–H and O–H groups in total. The summed E-state index contributed by atoms with van der Waals surface area (Å²) in [5, 5.41) is 3.23. The van der Waals surface area contributed by atoms with E-state index in [9.17, 15) is 0 Å². The zero-order chi connectivity index (χ0) is 9.19. The summed E-state index contributed by atoms with van der Waals surface area (Å²) >= 11 is 1.71. The molecule has 0 bridgehead atoms. The van der Waals surface area contributed by atoms with E-state index in [1.807, 2.05) is 6.92 Å². The Hall–Kier alpha value is -0.410. The van der Waals surface area contributed by atoms with E-state index in [1.54, 1.807) is 18.4 Å². The second-order valence-corrected chi connectivity index (χ2v) is 4.47. The van der Waals surface area contributed by atoms with Crippen molar-refractivity contribution in [3.05, 3.63) is 16.1 Å². The van der Waals surface area contributed by atoms with Crippen LogP contribution in [0.5, 0.6) is 0 Å². The Balaban J connectivity index is 2.81. The lowest BCUT2D eigenvalue weighted by molar-refractivity contribution is 0.146. The van der Waals surface area contributed by atoms with Gasteiger partial charge in [-0.1, -0.05) is 13.8 Å². The van der Waals surface area contributed by atoms with E-state index in [2.05, 4.69) is 24.2 Å². The fourth-order valence-electron chi connectivity index (χ4n) is 1.09. The van der Waals surface area contributed by atoms with Gasteiger partial charge in [-0.25, -0.2) is 4.98 Å². The summed E-state index contributed by atoms with van der Waals surface area (Å²) in [6.07, 6.45) is 0. The zero-order valence-corrected chi connectivity index (χ0v) is 8.86. The van der Waals surface area contributed by atoms with E-state index in [0.717, 1.165) is 17.3 Å². The van der Waals surface area contributed by atoms with Gasteiger partial charge in [0, 0.05) is 23.6 Å². The summed E-state index contributed by atoms with van der Waals surface area (Å²) < 4.78 is 5.14. The maximum atomic E-state index is 5.14. The Morgan fingerprint density at radius 3 is 2.67 bits per heavy atom. The molecule has 68 valence electrons. The SMILES string of the molecule is COCC(C)(C)c1nc(C)cs1. The van der Waals surface area contributed by atoms with Crippen LogP contribution in [0.4, 0.5) is 0 Å². The molecule has 1 heterocycles. The Morgan fingerprint density at radius 1 is 1.58 bits per heavy atom. The fourth-order valence-corrected chi connectivity index (χ4v) is 2.00. The number of methoxy groups -OCH3 is 1.